The molecule has 2 aliphatic rings. The van der Waals surface area contributed by atoms with Gasteiger partial charge in [-0.15, -0.1) is 0 Å². The summed E-state index contributed by atoms with van der Waals surface area (Å²) < 4.78 is 5.30. The van der Waals surface area contributed by atoms with Crippen molar-refractivity contribution in [3.8, 4) is 0 Å². The molecule has 0 aliphatic carbocycles. The molecule has 3 rings (SSSR count). The van der Waals surface area contributed by atoms with Crippen LogP contribution in [0.1, 0.15) is 18.4 Å². The molecule has 118 valence electrons. The largest absolute Gasteiger partial charge is 0.480 e. The maximum atomic E-state index is 12.3. The molecule has 1 aromatic rings. The van der Waals surface area contributed by atoms with Gasteiger partial charge in [0.25, 0.3) is 0 Å². The van der Waals surface area contributed by atoms with Crippen molar-refractivity contribution >= 4 is 12.1 Å². The van der Waals surface area contributed by atoms with Gasteiger partial charge in [-0.1, -0.05) is 30.3 Å². The monoisotopic (exact) mass is 304 g/mol. The lowest BCUT2D eigenvalue weighted by molar-refractivity contribution is -0.147. The van der Waals surface area contributed by atoms with Gasteiger partial charge in [-0.2, -0.15) is 0 Å². The number of hydrogen-bond donors (Lipinski definition) is 1. The smallest absolute Gasteiger partial charge is 0.410 e. The van der Waals surface area contributed by atoms with Gasteiger partial charge in [0.05, 0.1) is 0 Å². The van der Waals surface area contributed by atoms with Crippen LogP contribution in [-0.4, -0.2) is 58.7 Å². The summed E-state index contributed by atoms with van der Waals surface area (Å²) in [6, 6.07) is 8.50. The van der Waals surface area contributed by atoms with Crippen molar-refractivity contribution in [2.24, 2.45) is 0 Å². The number of carboxylic acid groups (broad SMARTS) is 1. The first-order valence-corrected chi connectivity index (χ1v) is 7.61. The third-order valence-corrected chi connectivity index (χ3v) is 4.44. The number of carbonyl (C=O) groups is 2. The Hall–Kier alpha value is -2.08. The van der Waals surface area contributed by atoms with Gasteiger partial charge in [0.1, 0.15) is 12.6 Å². The van der Waals surface area contributed by atoms with E-state index < -0.39 is 18.1 Å². The van der Waals surface area contributed by atoms with Crippen LogP contribution in [0, 0.1) is 0 Å². The molecule has 1 aromatic carbocycles. The molecule has 0 bridgehead atoms. The van der Waals surface area contributed by atoms with Crippen molar-refractivity contribution in [3.05, 3.63) is 35.9 Å². The molecule has 22 heavy (non-hydrogen) atoms. The second-order valence-electron chi connectivity index (χ2n) is 5.76. The maximum Gasteiger partial charge on any atom is 0.410 e. The molecule has 2 heterocycles. The van der Waals surface area contributed by atoms with E-state index in [0.29, 0.717) is 6.54 Å². The highest BCUT2D eigenvalue weighted by Crippen LogP contribution is 2.27. The van der Waals surface area contributed by atoms with Crippen molar-refractivity contribution in [1.82, 2.24) is 9.80 Å². The molecular weight excluding hydrogens is 284 g/mol. The molecule has 2 fully saturated rings. The van der Waals surface area contributed by atoms with Gasteiger partial charge in [0.15, 0.2) is 0 Å². The predicted molar refractivity (Wildman–Crippen MR) is 79.4 cm³/mol. The first-order valence-electron chi connectivity index (χ1n) is 7.61. The number of carbonyl (C=O) groups excluding carboxylic acids is 1. The van der Waals surface area contributed by atoms with E-state index in [1.54, 1.807) is 0 Å². The van der Waals surface area contributed by atoms with E-state index >= 15 is 0 Å². The first kappa shape index (κ1) is 14.8. The second-order valence-corrected chi connectivity index (χ2v) is 5.76. The average molecular weight is 304 g/mol. The van der Waals surface area contributed by atoms with Crippen molar-refractivity contribution in [1.29, 1.82) is 0 Å². The van der Waals surface area contributed by atoms with E-state index in [-0.39, 0.29) is 12.6 Å². The number of ether oxygens (including phenoxy) is 1. The summed E-state index contributed by atoms with van der Waals surface area (Å²) in [6.07, 6.45) is 1.27. The van der Waals surface area contributed by atoms with Gasteiger partial charge in [0.2, 0.25) is 0 Å². The molecule has 1 amide bonds. The zero-order chi connectivity index (χ0) is 15.5. The fourth-order valence-corrected chi connectivity index (χ4v) is 3.38. The SMILES string of the molecule is O=C(O)C1C2CCCN2CCN1C(=O)OCc1ccccc1. The summed E-state index contributed by atoms with van der Waals surface area (Å²) >= 11 is 0. The number of rotatable bonds is 3. The van der Waals surface area contributed by atoms with Crippen molar-refractivity contribution in [3.63, 3.8) is 0 Å². The van der Waals surface area contributed by atoms with Crippen molar-refractivity contribution < 1.29 is 19.4 Å². The number of piperazine rings is 1. The highest BCUT2D eigenvalue weighted by Gasteiger charge is 2.45. The number of hydrogen-bond acceptors (Lipinski definition) is 4. The number of aliphatic carboxylic acids is 1. The number of amides is 1. The number of fused-ring (bicyclic) bond motifs is 1. The minimum absolute atomic E-state index is 0.0875. The lowest BCUT2D eigenvalue weighted by Gasteiger charge is -2.41. The maximum absolute atomic E-state index is 12.3. The summed E-state index contributed by atoms with van der Waals surface area (Å²) in [5, 5.41) is 9.51. The normalized spacial score (nSPS) is 24.8. The molecule has 2 atom stereocenters. The zero-order valence-electron chi connectivity index (χ0n) is 12.4. The number of nitrogens with zero attached hydrogens (tertiary/aromatic N) is 2. The fourth-order valence-electron chi connectivity index (χ4n) is 3.38. The molecule has 6 heteroatoms. The third-order valence-electron chi connectivity index (χ3n) is 4.44. The van der Waals surface area contributed by atoms with E-state index in [1.807, 2.05) is 30.3 Å². The fraction of sp³-hybridized carbons (Fsp3) is 0.500. The lowest BCUT2D eigenvalue weighted by atomic mass is 10.0. The van der Waals surface area contributed by atoms with Crippen LogP contribution in [0.5, 0.6) is 0 Å². The topological polar surface area (TPSA) is 70.1 Å². The van der Waals surface area contributed by atoms with Gasteiger partial charge in [-0.25, -0.2) is 9.59 Å². The predicted octanol–water partition coefficient (Wildman–Crippen LogP) is 1.56. The first-order chi connectivity index (χ1) is 10.7. The zero-order valence-corrected chi connectivity index (χ0v) is 12.4. The Kier molecular flexibility index (Phi) is 4.29. The van der Waals surface area contributed by atoms with Crippen LogP contribution in [0.15, 0.2) is 30.3 Å². The van der Waals surface area contributed by atoms with Gasteiger partial charge in [-0.3, -0.25) is 9.80 Å². The molecule has 1 N–H and O–H groups in total. The summed E-state index contributed by atoms with van der Waals surface area (Å²) in [5.74, 6) is -0.951. The van der Waals surface area contributed by atoms with E-state index in [4.69, 9.17) is 4.74 Å². The summed E-state index contributed by atoms with van der Waals surface area (Å²) in [4.78, 5) is 27.4. The molecule has 0 radical (unpaired) electrons. The average Bonchev–Trinajstić information content (AvgIpc) is 3.00. The van der Waals surface area contributed by atoms with Crippen LogP contribution in [0.2, 0.25) is 0 Å². The van der Waals surface area contributed by atoms with E-state index in [2.05, 4.69) is 4.90 Å². The Bertz CT molecular complexity index is 548. The van der Waals surface area contributed by atoms with E-state index in [0.717, 1.165) is 31.5 Å². The van der Waals surface area contributed by atoms with Gasteiger partial charge >= 0.3 is 12.1 Å². The van der Waals surface area contributed by atoms with Crippen LogP contribution in [0.25, 0.3) is 0 Å². The molecular formula is C16H20N2O4. The Morgan fingerprint density at radius 3 is 2.68 bits per heavy atom. The Morgan fingerprint density at radius 2 is 1.95 bits per heavy atom. The van der Waals surface area contributed by atoms with Crippen molar-refractivity contribution in [2.75, 3.05) is 19.6 Å². The van der Waals surface area contributed by atoms with Gasteiger partial charge < -0.3 is 9.84 Å². The molecule has 0 spiro atoms. The van der Waals surface area contributed by atoms with Crippen LogP contribution < -0.4 is 0 Å². The number of benzene rings is 1. The standard InChI is InChI=1S/C16H20N2O4/c19-15(20)14-13-7-4-8-17(13)9-10-18(14)16(21)22-11-12-5-2-1-3-6-12/h1-3,5-6,13-14H,4,7-11H2,(H,19,20). The minimum atomic E-state index is -0.951. The Labute approximate surface area is 129 Å². The van der Waals surface area contributed by atoms with Crippen LogP contribution >= 0.6 is 0 Å². The highest BCUT2D eigenvalue weighted by atomic mass is 16.6. The molecule has 2 unspecified atom stereocenters. The Morgan fingerprint density at radius 1 is 1.18 bits per heavy atom. The van der Waals surface area contributed by atoms with Crippen molar-refractivity contribution in [2.45, 2.75) is 31.5 Å². The van der Waals surface area contributed by atoms with Crippen LogP contribution in [-0.2, 0) is 16.1 Å². The molecule has 0 saturated carbocycles. The molecule has 6 nitrogen and oxygen atoms in total. The summed E-state index contributed by atoms with van der Waals surface area (Å²) in [5.41, 5.74) is 0.891. The molecule has 2 saturated heterocycles. The highest BCUT2D eigenvalue weighted by molar-refractivity contribution is 5.81. The lowest BCUT2D eigenvalue weighted by Crippen LogP contribution is -2.61. The molecule has 2 aliphatic heterocycles. The van der Waals surface area contributed by atoms with Crippen LogP contribution in [0.3, 0.4) is 0 Å². The molecule has 0 aromatic heterocycles. The quantitative estimate of drug-likeness (QED) is 0.917. The summed E-state index contributed by atoms with van der Waals surface area (Å²) in [7, 11) is 0. The van der Waals surface area contributed by atoms with E-state index in [1.165, 1.54) is 4.90 Å². The van der Waals surface area contributed by atoms with E-state index in [9.17, 15) is 14.7 Å². The Balaban J connectivity index is 1.66. The summed E-state index contributed by atoms with van der Waals surface area (Å²) in [6.45, 7) is 2.20. The second kappa shape index (κ2) is 6.36. The van der Waals surface area contributed by atoms with Crippen LogP contribution in [0.4, 0.5) is 4.79 Å². The van der Waals surface area contributed by atoms with Gasteiger partial charge in [0, 0.05) is 19.1 Å². The third kappa shape index (κ3) is 2.92. The number of carboxylic acids is 1. The van der Waals surface area contributed by atoms with Gasteiger partial charge in [-0.05, 0) is 24.9 Å². The minimum Gasteiger partial charge on any atom is -0.480 e.